The van der Waals surface area contributed by atoms with Crippen LogP contribution in [0.1, 0.15) is 12.5 Å². The van der Waals surface area contributed by atoms with Gasteiger partial charge in [-0.15, -0.1) is 13.2 Å². The van der Waals surface area contributed by atoms with Crippen molar-refractivity contribution >= 4 is 26.7 Å². The molecule has 3 nitrogen and oxygen atoms in total. The first-order valence-corrected chi connectivity index (χ1v) is 8.27. The van der Waals surface area contributed by atoms with Gasteiger partial charge in [-0.25, -0.2) is 0 Å². The number of nitrogens with one attached hydrogen (secondary N) is 1. The van der Waals surface area contributed by atoms with E-state index < -0.39 is 17.2 Å². The van der Waals surface area contributed by atoms with Crippen LogP contribution in [0.2, 0.25) is 0 Å². The fraction of sp³-hybridized carbons (Fsp3) is 0.500. The molecule has 0 amide bonds. The smallest absolute Gasteiger partial charge is 0.405 e. The maximum absolute atomic E-state index is 12.1. The van der Waals surface area contributed by atoms with Crippen LogP contribution in [0.25, 0.3) is 0 Å². The molecule has 0 radical (unpaired) electrons. The summed E-state index contributed by atoms with van der Waals surface area (Å²) >= 11 is 3.05. The summed E-state index contributed by atoms with van der Waals surface area (Å²) in [5.41, 5.74) is 0.806. The van der Waals surface area contributed by atoms with Crippen LogP contribution in [0, 0.1) is 0 Å². The summed E-state index contributed by atoms with van der Waals surface area (Å²) in [4.78, 5) is 0. The maximum Gasteiger partial charge on any atom is 0.573 e. The van der Waals surface area contributed by atoms with Crippen molar-refractivity contribution in [1.29, 1.82) is 0 Å². The summed E-state index contributed by atoms with van der Waals surface area (Å²) in [5, 5.41) is 3.15. The van der Waals surface area contributed by atoms with Gasteiger partial charge in [0.2, 0.25) is 0 Å². The molecule has 114 valence electrons. The van der Waals surface area contributed by atoms with E-state index in [4.69, 9.17) is 0 Å². The van der Waals surface area contributed by atoms with E-state index in [1.165, 1.54) is 6.07 Å². The van der Waals surface area contributed by atoms with Crippen LogP contribution in [0.4, 0.5) is 13.2 Å². The SMILES string of the molecule is CC(CS(C)=O)NCc1ccc(OC(F)(F)F)c(Br)c1. The predicted octanol–water partition coefficient (Wildman–Crippen LogP) is 3.20. The van der Waals surface area contributed by atoms with Crippen LogP contribution >= 0.6 is 15.9 Å². The van der Waals surface area contributed by atoms with Crippen molar-refractivity contribution < 1.29 is 22.1 Å². The molecule has 0 saturated carbocycles. The van der Waals surface area contributed by atoms with Crippen LogP contribution in [0.3, 0.4) is 0 Å². The van der Waals surface area contributed by atoms with E-state index in [2.05, 4.69) is 26.0 Å². The molecule has 0 saturated heterocycles. The number of hydrogen-bond donors (Lipinski definition) is 1. The Balaban J connectivity index is 2.61. The monoisotopic (exact) mass is 373 g/mol. The van der Waals surface area contributed by atoms with Crippen LogP contribution in [-0.2, 0) is 17.3 Å². The number of rotatable bonds is 6. The van der Waals surface area contributed by atoms with Crippen molar-refractivity contribution in [3.63, 3.8) is 0 Å². The minimum Gasteiger partial charge on any atom is -0.405 e. The summed E-state index contributed by atoms with van der Waals surface area (Å²) in [6.07, 6.45) is -3.08. The van der Waals surface area contributed by atoms with Gasteiger partial charge < -0.3 is 10.1 Å². The maximum atomic E-state index is 12.1. The van der Waals surface area contributed by atoms with E-state index in [0.717, 1.165) is 5.56 Å². The van der Waals surface area contributed by atoms with Gasteiger partial charge in [-0.3, -0.25) is 4.21 Å². The van der Waals surface area contributed by atoms with Gasteiger partial charge in [-0.1, -0.05) is 6.07 Å². The van der Waals surface area contributed by atoms with Gasteiger partial charge in [0, 0.05) is 35.4 Å². The average molecular weight is 374 g/mol. The Labute approximate surface area is 126 Å². The molecule has 1 rings (SSSR count). The number of ether oxygens (including phenoxy) is 1. The van der Waals surface area contributed by atoms with Gasteiger partial charge in [0.25, 0.3) is 0 Å². The fourth-order valence-corrected chi connectivity index (χ4v) is 2.89. The summed E-state index contributed by atoms with van der Waals surface area (Å²) in [6, 6.07) is 4.43. The van der Waals surface area contributed by atoms with Crippen molar-refractivity contribution in [2.24, 2.45) is 0 Å². The third kappa shape index (κ3) is 6.71. The first-order chi connectivity index (χ1) is 9.17. The highest BCUT2D eigenvalue weighted by Gasteiger charge is 2.31. The molecule has 8 heteroatoms. The highest BCUT2D eigenvalue weighted by atomic mass is 79.9. The molecular formula is C12H15BrF3NO2S. The fourth-order valence-electron chi connectivity index (χ4n) is 1.56. The summed E-state index contributed by atoms with van der Waals surface area (Å²) in [6.45, 7) is 2.38. The Bertz CT molecular complexity index is 482. The molecule has 0 aliphatic rings. The van der Waals surface area contributed by atoms with Crippen molar-refractivity contribution in [2.75, 3.05) is 12.0 Å². The quantitative estimate of drug-likeness (QED) is 0.831. The molecule has 1 aromatic carbocycles. The lowest BCUT2D eigenvalue weighted by atomic mass is 10.2. The molecular weight excluding hydrogens is 359 g/mol. The molecule has 0 heterocycles. The van der Waals surface area contributed by atoms with Crippen molar-refractivity contribution in [1.82, 2.24) is 5.32 Å². The van der Waals surface area contributed by atoms with Gasteiger partial charge in [0.1, 0.15) is 5.75 Å². The van der Waals surface area contributed by atoms with Gasteiger partial charge >= 0.3 is 6.36 Å². The van der Waals surface area contributed by atoms with E-state index in [-0.39, 0.29) is 16.3 Å². The Kier molecular flexibility index (Phi) is 6.47. The Morgan fingerprint density at radius 3 is 2.60 bits per heavy atom. The standard InChI is InChI=1S/C12H15BrF3NO2S/c1-8(7-20(2)18)17-6-9-3-4-11(10(13)5-9)19-12(14,15)16/h3-5,8,17H,6-7H2,1-2H3. The van der Waals surface area contributed by atoms with E-state index in [9.17, 15) is 17.4 Å². The lowest BCUT2D eigenvalue weighted by Crippen LogP contribution is -2.30. The van der Waals surface area contributed by atoms with Gasteiger partial charge in [0.15, 0.2) is 0 Å². The molecule has 0 aliphatic carbocycles. The van der Waals surface area contributed by atoms with E-state index in [1.807, 2.05) is 6.92 Å². The lowest BCUT2D eigenvalue weighted by Gasteiger charge is -2.14. The number of benzene rings is 1. The van der Waals surface area contributed by atoms with Crippen LogP contribution < -0.4 is 10.1 Å². The molecule has 20 heavy (non-hydrogen) atoms. The largest absolute Gasteiger partial charge is 0.573 e. The Morgan fingerprint density at radius 2 is 2.10 bits per heavy atom. The number of alkyl halides is 3. The van der Waals surface area contributed by atoms with E-state index >= 15 is 0 Å². The van der Waals surface area contributed by atoms with Crippen LogP contribution in [0.5, 0.6) is 5.75 Å². The molecule has 0 bridgehead atoms. The topological polar surface area (TPSA) is 38.3 Å². The normalized spacial score (nSPS) is 14.9. The molecule has 1 N–H and O–H groups in total. The highest BCUT2D eigenvalue weighted by molar-refractivity contribution is 9.10. The second kappa shape index (κ2) is 7.42. The zero-order valence-corrected chi connectivity index (χ0v) is 13.4. The molecule has 0 aromatic heterocycles. The predicted molar refractivity (Wildman–Crippen MR) is 76.1 cm³/mol. The van der Waals surface area contributed by atoms with Crippen molar-refractivity contribution in [3.05, 3.63) is 28.2 Å². The number of halogens is 4. The zero-order chi connectivity index (χ0) is 15.3. The Hall–Kier alpha value is -0.600. The second-order valence-corrected chi connectivity index (χ2v) is 6.67. The zero-order valence-electron chi connectivity index (χ0n) is 11.0. The van der Waals surface area contributed by atoms with Crippen molar-refractivity contribution in [2.45, 2.75) is 25.9 Å². The van der Waals surface area contributed by atoms with Gasteiger partial charge in [0.05, 0.1) is 4.47 Å². The molecule has 0 aliphatic heterocycles. The van der Waals surface area contributed by atoms with Crippen molar-refractivity contribution in [3.8, 4) is 5.75 Å². The van der Waals surface area contributed by atoms with Crippen LogP contribution in [0.15, 0.2) is 22.7 Å². The molecule has 1 aromatic rings. The summed E-state index contributed by atoms with van der Waals surface area (Å²) < 4.78 is 51.5. The molecule has 0 spiro atoms. The first kappa shape index (κ1) is 17.5. The summed E-state index contributed by atoms with van der Waals surface area (Å²) in [5.74, 6) is 0.250. The Morgan fingerprint density at radius 1 is 1.45 bits per heavy atom. The minimum atomic E-state index is -4.71. The van der Waals surface area contributed by atoms with Gasteiger partial charge in [-0.2, -0.15) is 0 Å². The molecule has 0 fully saturated rings. The van der Waals surface area contributed by atoms with Gasteiger partial charge in [-0.05, 0) is 40.5 Å². The van der Waals surface area contributed by atoms with Crippen LogP contribution in [-0.4, -0.2) is 28.6 Å². The highest BCUT2D eigenvalue weighted by Crippen LogP contribution is 2.31. The summed E-state index contributed by atoms with van der Waals surface area (Å²) in [7, 11) is -0.890. The minimum absolute atomic E-state index is 0.0608. The average Bonchev–Trinajstić information content (AvgIpc) is 2.27. The molecule has 2 atom stereocenters. The molecule has 2 unspecified atom stereocenters. The van der Waals surface area contributed by atoms with E-state index in [1.54, 1.807) is 18.4 Å². The third-order valence-electron chi connectivity index (χ3n) is 2.36. The van der Waals surface area contributed by atoms with E-state index in [0.29, 0.717) is 12.3 Å². The second-order valence-electron chi connectivity index (χ2n) is 4.33. The third-order valence-corrected chi connectivity index (χ3v) is 3.95. The number of hydrogen-bond acceptors (Lipinski definition) is 3. The lowest BCUT2D eigenvalue weighted by molar-refractivity contribution is -0.274. The first-order valence-electron chi connectivity index (χ1n) is 5.75.